The summed E-state index contributed by atoms with van der Waals surface area (Å²) in [4.78, 5) is 0. The molecule has 2 heteroatoms. The minimum atomic E-state index is 0.909. The first-order valence-corrected chi connectivity index (χ1v) is 20.6. The SMILES string of the molecule is c1ccc(-c2ccc(-c3c4cccc(-c5cccc6c5ccc5c7ccccc7oc65)c4cc4c(-c5cccc6c5ccc5c7ccccc7oc65)cccc34)cc2)cc1. The van der Waals surface area contributed by atoms with Gasteiger partial charge in [0.2, 0.25) is 0 Å². The van der Waals surface area contributed by atoms with Crippen molar-refractivity contribution in [3.63, 3.8) is 0 Å². The molecule has 0 saturated heterocycles. The van der Waals surface area contributed by atoms with Crippen LogP contribution in [-0.4, -0.2) is 0 Å². The highest BCUT2D eigenvalue weighted by molar-refractivity contribution is 6.24. The third-order valence-corrected chi connectivity index (χ3v) is 12.7. The zero-order valence-electron chi connectivity index (χ0n) is 32.4. The van der Waals surface area contributed by atoms with Crippen LogP contribution < -0.4 is 0 Å². The quantitative estimate of drug-likeness (QED) is 0.167. The largest absolute Gasteiger partial charge is 0.455 e. The lowest BCUT2D eigenvalue weighted by Crippen LogP contribution is -1.92. The van der Waals surface area contributed by atoms with Crippen LogP contribution in [0.2, 0.25) is 0 Å². The number of rotatable bonds is 4. The lowest BCUT2D eigenvalue weighted by Gasteiger charge is -2.19. The van der Waals surface area contributed by atoms with E-state index in [2.05, 4.69) is 194 Å². The van der Waals surface area contributed by atoms with Crippen molar-refractivity contribution in [2.24, 2.45) is 0 Å². The maximum atomic E-state index is 6.56. The Hall–Kier alpha value is -7.94. The summed E-state index contributed by atoms with van der Waals surface area (Å²) in [6, 6.07) is 74.7. The summed E-state index contributed by atoms with van der Waals surface area (Å²) in [6.07, 6.45) is 0. The topological polar surface area (TPSA) is 26.3 Å². The number of fused-ring (bicyclic) bond motifs is 12. The molecule has 0 aliphatic heterocycles. The zero-order valence-corrected chi connectivity index (χ0v) is 32.4. The average Bonchev–Trinajstić information content (AvgIpc) is 3.90. The maximum absolute atomic E-state index is 6.56. The van der Waals surface area contributed by atoms with Gasteiger partial charge in [0.05, 0.1) is 0 Å². The van der Waals surface area contributed by atoms with Gasteiger partial charge in [-0.15, -0.1) is 0 Å². The van der Waals surface area contributed by atoms with E-state index in [0.717, 1.165) is 54.6 Å². The monoisotopic (exact) mass is 762 g/mol. The Morgan fingerprint density at radius 3 is 1.10 bits per heavy atom. The molecule has 0 aliphatic rings. The third-order valence-electron chi connectivity index (χ3n) is 12.7. The van der Waals surface area contributed by atoms with Crippen molar-refractivity contribution in [1.29, 1.82) is 0 Å². The fourth-order valence-corrected chi connectivity index (χ4v) is 9.96. The molecule has 0 N–H and O–H groups in total. The number of benzene rings is 11. The van der Waals surface area contributed by atoms with Gasteiger partial charge >= 0.3 is 0 Å². The molecule has 2 heterocycles. The summed E-state index contributed by atoms with van der Waals surface area (Å²) < 4.78 is 13.1. The molecule has 0 bridgehead atoms. The van der Waals surface area contributed by atoms with Gasteiger partial charge in [0, 0.05) is 32.3 Å². The van der Waals surface area contributed by atoms with Crippen LogP contribution in [0.15, 0.2) is 215 Å². The van der Waals surface area contributed by atoms with E-state index in [0.29, 0.717) is 0 Å². The van der Waals surface area contributed by atoms with Gasteiger partial charge in [-0.25, -0.2) is 0 Å². The van der Waals surface area contributed by atoms with E-state index in [-0.39, 0.29) is 0 Å². The van der Waals surface area contributed by atoms with Gasteiger partial charge in [-0.3, -0.25) is 0 Å². The first-order valence-electron chi connectivity index (χ1n) is 20.6. The van der Waals surface area contributed by atoms with Crippen LogP contribution >= 0.6 is 0 Å². The molecule has 0 spiro atoms. The van der Waals surface area contributed by atoms with Crippen molar-refractivity contribution in [3.05, 3.63) is 206 Å². The number of hydrogen-bond acceptors (Lipinski definition) is 2. The molecule has 0 radical (unpaired) electrons. The summed E-state index contributed by atoms with van der Waals surface area (Å²) in [5.41, 5.74) is 13.2. The van der Waals surface area contributed by atoms with E-state index in [1.807, 2.05) is 12.1 Å². The van der Waals surface area contributed by atoms with Crippen LogP contribution in [0.5, 0.6) is 0 Å². The Balaban J connectivity index is 1.10. The highest BCUT2D eigenvalue weighted by atomic mass is 16.3. The van der Waals surface area contributed by atoms with E-state index in [9.17, 15) is 0 Å². The summed E-state index contributed by atoms with van der Waals surface area (Å²) in [5.74, 6) is 0. The van der Waals surface area contributed by atoms with Gasteiger partial charge in [0.1, 0.15) is 22.3 Å². The lowest BCUT2D eigenvalue weighted by atomic mass is 9.84. The van der Waals surface area contributed by atoms with Gasteiger partial charge in [-0.1, -0.05) is 176 Å². The van der Waals surface area contributed by atoms with Crippen LogP contribution in [0, 0.1) is 0 Å². The lowest BCUT2D eigenvalue weighted by molar-refractivity contribution is 0.672. The van der Waals surface area contributed by atoms with Crippen molar-refractivity contribution in [2.75, 3.05) is 0 Å². The fraction of sp³-hybridized carbons (Fsp3) is 0. The Kier molecular flexibility index (Phi) is 7.05. The van der Waals surface area contributed by atoms with Crippen LogP contribution in [0.1, 0.15) is 0 Å². The predicted octanol–water partition coefficient (Wildman–Crippen LogP) is 16.8. The minimum absolute atomic E-state index is 0.909. The molecule has 60 heavy (non-hydrogen) atoms. The standard InChI is InChI=1S/C58H34O2/c1-2-12-35(13-3-1)36-26-28-37(29-27-36)56-46-20-8-18-40(38-16-10-22-48-42(38)30-32-50-44-14-4-6-24-54(44)59-57(48)50)52(46)34-53-41(19-9-21-47(53)56)39-17-11-23-49-43(39)31-33-51-45-15-5-7-25-55(45)60-58(49)51/h1-34H. The molecule has 278 valence electrons. The summed E-state index contributed by atoms with van der Waals surface area (Å²) in [5, 5.41) is 14.0. The van der Waals surface area contributed by atoms with Crippen LogP contribution in [0.3, 0.4) is 0 Å². The van der Waals surface area contributed by atoms with E-state index in [4.69, 9.17) is 8.83 Å². The van der Waals surface area contributed by atoms with E-state index in [1.165, 1.54) is 76.8 Å². The number of hydrogen-bond donors (Lipinski definition) is 0. The van der Waals surface area contributed by atoms with E-state index >= 15 is 0 Å². The molecule has 0 atom stereocenters. The molecule has 0 fully saturated rings. The Morgan fingerprint density at radius 2 is 0.583 bits per heavy atom. The average molecular weight is 763 g/mol. The second-order valence-electron chi connectivity index (χ2n) is 15.9. The zero-order chi connectivity index (χ0) is 39.3. The summed E-state index contributed by atoms with van der Waals surface area (Å²) in [6.45, 7) is 0. The summed E-state index contributed by atoms with van der Waals surface area (Å²) >= 11 is 0. The van der Waals surface area contributed by atoms with Gasteiger partial charge in [-0.2, -0.15) is 0 Å². The van der Waals surface area contributed by atoms with Gasteiger partial charge < -0.3 is 8.83 Å². The van der Waals surface area contributed by atoms with Crippen molar-refractivity contribution < 1.29 is 8.83 Å². The molecule has 2 nitrogen and oxygen atoms in total. The maximum Gasteiger partial charge on any atom is 0.143 e. The van der Waals surface area contributed by atoms with Gasteiger partial charge in [-0.05, 0) is 107 Å². The van der Waals surface area contributed by atoms with Crippen LogP contribution in [0.25, 0.3) is 131 Å². The van der Waals surface area contributed by atoms with E-state index < -0.39 is 0 Å². The third kappa shape index (κ3) is 4.82. The predicted molar refractivity (Wildman–Crippen MR) is 253 cm³/mol. The highest BCUT2D eigenvalue weighted by Crippen LogP contribution is 2.47. The highest BCUT2D eigenvalue weighted by Gasteiger charge is 2.20. The van der Waals surface area contributed by atoms with Crippen LogP contribution in [-0.2, 0) is 0 Å². The van der Waals surface area contributed by atoms with Crippen molar-refractivity contribution in [2.45, 2.75) is 0 Å². The second-order valence-corrected chi connectivity index (χ2v) is 15.9. The molecule has 2 aromatic heterocycles. The molecule has 11 aromatic carbocycles. The fourth-order valence-electron chi connectivity index (χ4n) is 9.96. The van der Waals surface area contributed by atoms with Crippen LogP contribution in [0.4, 0.5) is 0 Å². The number of furan rings is 2. The Bertz CT molecular complexity index is 3650. The second kappa shape index (κ2) is 12.8. The molecular weight excluding hydrogens is 729 g/mol. The molecule has 0 amide bonds. The Morgan fingerprint density at radius 1 is 0.217 bits per heavy atom. The van der Waals surface area contributed by atoms with E-state index in [1.54, 1.807) is 0 Å². The normalized spacial score (nSPS) is 12.0. The molecule has 0 saturated carbocycles. The first kappa shape index (κ1) is 33.1. The van der Waals surface area contributed by atoms with Crippen molar-refractivity contribution >= 4 is 87.0 Å². The van der Waals surface area contributed by atoms with Gasteiger partial charge in [0.15, 0.2) is 0 Å². The Labute approximate surface area is 345 Å². The molecular formula is C58H34O2. The summed E-state index contributed by atoms with van der Waals surface area (Å²) in [7, 11) is 0. The molecule has 13 aromatic rings. The van der Waals surface area contributed by atoms with Gasteiger partial charge in [0.25, 0.3) is 0 Å². The smallest absolute Gasteiger partial charge is 0.143 e. The molecule has 0 unspecified atom stereocenters. The number of para-hydroxylation sites is 2. The van der Waals surface area contributed by atoms with Crippen molar-refractivity contribution in [3.8, 4) is 44.5 Å². The van der Waals surface area contributed by atoms with Crippen molar-refractivity contribution in [1.82, 2.24) is 0 Å². The molecule has 0 aliphatic carbocycles. The minimum Gasteiger partial charge on any atom is -0.455 e. The first-order chi connectivity index (χ1) is 29.8. The molecule has 13 rings (SSSR count).